The van der Waals surface area contributed by atoms with Crippen LogP contribution in [0.5, 0.6) is 0 Å². The second-order valence-electron chi connectivity index (χ2n) is 8.35. The van der Waals surface area contributed by atoms with Crippen molar-refractivity contribution in [1.29, 1.82) is 0 Å². The quantitative estimate of drug-likeness (QED) is 0.565. The van der Waals surface area contributed by atoms with E-state index in [1.807, 2.05) is 41.8 Å². The van der Waals surface area contributed by atoms with E-state index in [4.69, 9.17) is 9.47 Å². The summed E-state index contributed by atoms with van der Waals surface area (Å²) in [5, 5.41) is 4.71. The molecular weight excluding hydrogens is 466 g/mol. The first kappa shape index (κ1) is 23.1. The SMILES string of the molecule is O=C(Nc1ccc(C2OC(=O)N(Cc3ccccc3)C2C(=O)N2CCOCC2)cc1)c1cccs1. The summed E-state index contributed by atoms with van der Waals surface area (Å²) in [7, 11) is 0. The van der Waals surface area contributed by atoms with Crippen molar-refractivity contribution in [2.75, 3.05) is 31.6 Å². The molecule has 2 aromatic carbocycles. The largest absolute Gasteiger partial charge is 0.438 e. The first-order valence-electron chi connectivity index (χ1n) is 11.4. The van der Waals surface area contributed by atoms with E-state index in [0.29, 0.717) is 42.4 Å². The molecule has 2 aliphatic heterocycles. The summed E-state index contributed by atoms with van der Waals surface area (Å²) in [4.78, 5) is 42.8. The summed E-state index contributed by atoms with van der Waals surface area (Å²) >= 11 is 1.37. The third-order valence-electron chi connectivity index (χ3n) is 6.10. The van der Waals surface area contributed by atoms with Crippen LogP contribution >= 0.6 is 11.3 Å². The van der Waals surface area contributed by atoms with Gasteiger partial charge in [-0.05, 0) is 34.7 Å². The number of carbonyl (C=O) groups excluding carboxylic acids is 3. The van der Waals surface area contributed by atoms with E-state index in [1.165, 1.54) is 16.2 Å². The predicted molar refractivity (Wildman–Crippen MR) is 131 cm³/mol. The molecule has 9 heteroatoms. The zero-order valence-corrected chi connectivity index (χ0v) is 19.8. The number of thiophene rings is 1. The van der Waals surface area contributed by atoms with Gasteiger partial charge in [-0.15, -0.1) is 11.3 Å². The van der Waals surface area contributed by atoms with Crippen molar-refractivity contribution >= 4 is 34.9 Å². The van der Waals surface area contributed by atoms with Gasteiger partial charge >= 0.3 is 6.09 Å². The topological polar surface area (TPSA) is 88.2 Å². The van der Waals surface area contributed by atoms with Gasteiger partial charge in [0.25, 0.3) is 5.91 Å². The van der Waals surface area contributed by atoms with E-state index in [0.717, 1.165) is 5.56 Å². The van der Waals surface area contributed by atoms with Crippen molar-refractivity contribution < 1.29 is 23.9 Å². The maximum atomic E-state index is 13.6. The van der Waals surface area contributed by atoms with E-state index in [-0.39, 0.29) is 18.4 Å². The molecule has 2 aliphatic rings. The number of ether oxygens (including phenoxy) is 2. The summed E-state index contributed by atoms with van der Waals surface area (Å²) in [6.07, 6.45) is -1.29. The Bertz CT molecular complexity index is 1180. The van der Waals surface area contributed by atoms with Crippen molar-refractivity contribution in [3.8, 4) is 0 Å². The number of morpholine rings is 1. The van der Waals surface area contributed by atoms with Gasteiger partial charge in [0, 0.05) is 18.8 Å². The molecule has 1 aromatic heterocycles. The number of anilines is 1. The molecule has 35 heavy (non-hydrogen) atoms. The maximum Gasteiger partial charge on any atom is 0.411 e. The average molecular weight is 492 g/mol. The summed E-state index contributed by atoms with van der Waals surface area (Å²) < 4.78 is 11.2. The van der Waals surface area contributed by atoms with Crippen molar-refractivity contribution in [2.24, 2.45) is 0 Å². The Morgan fingerprint density at radius 2 is 1.71 bits per heavy atom. The number of hydrogen-bond acceptors (Lipinski definition) is 6. The first-order valence-corrected chi connectivity index (χ1v) is 12.3. The van der Waals surface area contributed by atoms with Gasteiger partial charge in [0.05, 0.1) is 24.6 Å². The Labute approximate surface area is 207 Å². The van der Waals surface area contributed by atoms with Crippen molar-refractivity contribution in [3.05, 3.63) is 88.1 Å². The number of nitrogens with one attached hydrogen (secondary N) is 1. The van der Waals surface area contributed by atoms with Gasteiger partial charge in [0.15, 0.2) is 12.1 Å². The average Bonchev–Trinajstić information content (AvgIpc) is 3.54. The first-order chi connectivity index (χ1) is 17.1. The number of hydrogen-bond donors (Lipinski definition) is 1. The predicted octanol–water partition coefficient (Wildman–Crippen LogP) is 3.92. The lowest BCUT2D eigenvalue weighted by Gasteiger charge is -2.32. The molecular formula is C26H25N3O5S. The highest BCUT2D eigenvalue weighted by Crippen LogP contribution is 2.35. The molecule has 1 N–H and O–H groups in total. The Morgan fingerprint density at radius 1 is 0.971 bits per heavy atom. The van der Waals surface area contributed by atoms with Gasteiger partial charge < -0.3 is 19.7 Å². The molecule has 3 heterocycles. The molecule has 8 nitrogen and oxygen atoms in total. The van der Waals surface area contributed by atoms with Gasteiger partial charge in [-0.3, -0.25) is 14.5 Å². The van der Waals surface area contributed by atoms with E-state index < -0.39 is 18.2 Å². The highest BCUT2D eigenvalue weighted by atomic mass is 32.1. The van der Waals surface area contributed by atoms with Crippen LogP contribution in [-0.2, 0) is 20.8 Å². The van der Waals surface area contributed by atoms with Crippen LogP contribution in [0.4, 0.5) is 10.5 Å². The number of cyclic esters (lactones) is 1. The summed E-state index contributed by atoms with van der Waals surface area (Å²) in [6, 6.07) is 19.4. The van der Waals surface area contributed by atoms with Crippen LogP contribution in [-0.4, -0.2) is 60.1 Å². The Balaban J connectivity index is 1.39. The minimum Gasteiger partial charge on any atom is -0.438 e. The molecule has 0 radical (unpaired) electrons. The van der Waals surface area contributed by atoms with Crippen molar-refractivity contribution in [1.82, 2.24) is 9.80 Å². The maximum absolute atomic E-state index is 13.6. The van der Waals surface area contributed by atoms with Gasteiger partial charge in [0.2, 0.25) is 5.91 Å². The number of carbonyl (C=O) groups is 3. The lowest BCUT2D eigenvalue weighted by molar-refractivity contribution is -0.141. The van der Waals surface area contributed by atoms with Gasteiger partial charge in [0.1, 0.15) is 0 Å². The van der Waals surface area contributed by atoms with Crippen LogP contribution in [0.2, 0.25) is 0 Å². The molecule has 2 atom stereocenters. The molecule has 0 bridgehead atoms. The standard InChI is InChI=1S/C26H25N3O5S/c30-24(21-7-4-16-35-21)27-20-10-8-19(9-11-20)23-22(25(31)28-12-14-33-15-13-28)29(26(32)34-23)17-18-5-2-1-3-6-18/h1-11,16,22-23H,12-15,17H2,(H,27,30). The zero-order valence-electron chi connectivity index (χ0n) is 19.0. The Hall–Kier alpha value is -3.69. The van der Waals surface area contributed by atoms with Crippen LogP contribution in [0.15, 0.2) is 72.1 Å². The Kier molecular flexibility index (Phi) is 6.78. The second kappa shape index (κ2) is 10.3. The van der Waals surface area contributed by atoms with E-state index in [9.17, 15) is 14.4 Å². The molecule has 5 rings (SSSR count). The lowest BCUT2D eigenvalue weighted by Crippen LogP contribution is -2.51. The third-order valence-corrected chi connectivity index (χ3v) is 6.97. The van der Waals surface area contributed by atoms with E-state index in [1.54, 1.807) is 35.2 Å². The van der Waals surface area contributed by atoms with Crippen molar-refractivity contribution in [3.63, 3.8) is 0 Å². The van der Waals surface area contributed by atoms with Gasteiger partial charge in [-0.25, -0.2) is 4.79 Å². The lowest BCUT2D eigenvalue weighted by atomic mass is 9.99. The fourth-order valence-corrected chi connectivity index (χ4v) is 4.92. The van der Waals surface area contributed by atoms with Crippen LogP contribution < -0.4 is 5.32 Å². The molecule has 0 aliphatic carbocycles. The molecule has 0 saturated carbocycles. The van der Waals surface area contributed by atoms with Crippen LogP contribution in [0.1, 0.15) is 26.9 Å². The molecule has 2 fully saturated rings. The third kappa shape index (κ3) is 5.06. The summed E-state index contributed by atoms with van der Waals surface area (Å²) in [5.74, 6) is -0.343. The van der Waals surface area contributed by atoms with Crippen LogP contribution in [0.3, 0.4) is 0 Å². The van der Waals surface area contributed by atoms with Crippen LogP contribution in [0.25, 0.3) is 0 Å². The molecule has 3 amide bonds. The van der Waals surface area contributed by atoms with E-state index in [2.05, 4.69) is 5.32 Å². The zero-order chi connectivity index (χ0) is 24.2. The Morgan fingerprint density at radius 3 is 2.40 bits per heavy atom. The minimum absolute atomic E-state index is 0.157. The number of benzene rings is 2. The number of nitrogens with zero attached hydrogens (tertiary/aromatic N) is 2. The van der Waals surface area contributed by atoms with Gasteiger partial charge in [-0.1, -0.05) is 48.5 Å². The smallest absolute Gasteiger partial charge is 0.411 e. The van der Waals surface area contributed by atoms with Gasteiger partial charge in [-0.2, -0.15) is 0 Å². The highest BCUT2D eigenvalue weighted by molar-refractivity contribution is 7.12. The fraction of sp³-hybridized carbons (Fsp3) is 0.269. The molecule has 3 aromatic rings. The van der Waals surface area contributed by atoms with Crippen LogP contribution in [0, 0.1) is 0 Å². The monoisotopic (exact) mass is 491 g/mol. The molecule has 2 unspecified atom stereocenters. The fourth-order valence-electron chi connectivity index (χ4n) is 4.30. The molecule has 0 spiro atoms. The summed E-state index contributed by atoms with van der Waals surface area (Å²) in [5.41, 5.74) is 2.22. The normalized spacial score (nSPS) is 19.9. The number of amides is 3. The van der Waals surface area contributed by atoms with Crippen molar-refractivity contribution in [2.45, 2.75) is 18.7 Å². The molecule has 2 saturated heterocycles. The number of rotatable bonds is 6. The second-order valence-corrected chi connectivity index (χ2v) is 9.30. The minimum atomic E-state index is -0.799. The molecule has 180 valence electrons. The summed E-state index contributed by atoms with van der Waals surface area (Å²) in [6.45, 7) is 2.16. The highest BCUT2D eigenvalue weighted by Gasteiger charge is 2.48. The van der Waals surface area contributed by atoms with E-state index >= 15 is 0 Å².